The molecule has 80 valence electrons. The predicted molar refractivity (Wildman–Crippen MR) is 46.0 cm³/mol. The molecular formula is C8H13NO5. The van der Waals surface area contributed by atoms with E-state index in [1.807, 2.05) is 0 Å². The van der Waals surface area contributed by atoms with E-state index in [2.05, 4.69) is 0 Å². The molecule has 1 heterocycles. The van der Waals surface area contributed by atoms with Gasteiger partial charge in [0.15, 0.2) is 0 Å². The van der Waals surface area contributed by atoms with Crippen molar-refractivity contribution in [2.75, 3.05) is 13.1 Å². The lowest BCUT2D eigenvalue weighted by atomic mass is 9.82. The standard InChI is InChI=1S/C8H13NO5/c1-2-8(6(11)12)4-9(7(13)14)3-5(8)10/h5,10H,2-4H2,1H3,(H,11,12)(H,13,14)/t5-,8-/m1/s1. The fraction of sp³-hybridized carbons (Fsp3) is 0.750. The van der Waals surface area contributed by atoms with Crippen molar-refractivity contribution in [3.05, 3.63) is 0 Å². The number of carboxylic acids is 1. The lowest BCUT2D eigenvalue weighted by molar-refractivity contribution is -0.153. The van der Waals surface area contributed by atoms with Gasteiger partial charge in [0.05, 0.1) is 12.6 Å². The zero-order valence-corrected chi connectivity index (χ0v) is 7.80. The van der Waals surface area contributed by atoms with Gasteiger partial charge in [0.2, 0.25) is 0 Å². The maximum absolute atomic E-state index is 11.0. The number of likely N-dealkylation sites (tertiary alicyclic amines) is 1. The Morgan fingerprint density at radius 2 is 2.07 bits per heavy atom. The van der Waals surface area contributed by atoms with Gasteiger partial charge in [-0.2, -0.15) is 0 Å². The van der Waals surface area contributed by atoms with Crippen LogP contribution in [-0.2, 0) is 4.79 Å². The average molecular weight is 203 g/mol. The summed E-state index contributed by atoms with van der Waals surface area (Å²) in [6, 6.07) is 0. The minimum Gasteiger partial charge on any atom is -0.481 e. The van der Waals surface area contributed by atoms with Crippen molar-refractivity contribution in [2.45, 2.75) is 19.4 Å². The van der Waals surface area contributed by atoms with Gasteiger partial charge in [-0.1, -0.05) is 6.92 Å². The molecule has 1 rings (SSSR count). The summed E-state index contributed by atoms with van der Waals surface area (Å²) in [6.45, 7) is 1.35. The van der Waals surface area contributed by atoms with Crippen LogP contribution < -0.4 is 0 Å². The van der Waals surface area contributed by atoms with Crippen molar-refractivity contribution in [3.8, 4) is 0 Å². The minimum absolute atomic E-state index is 0.129. The number of β-amino-alcohol motifs (C(OH)–C–C–N with tert-alkyl or cyclic N) is 1. The van der Waals surface area contributed by atoms with Crippen LogP contribution >= 0.6 is 0 Å². The highest BCUT2D eigenvalue weighted by Gasteiger charge is 2.52. The smallest absolute Gasteiger partial charge is 0.407 e. The van der Waals surface area contributed by atoms with Crippen LogP contribution in [0.1, 0.15) is 13.3 Å². The quantitative estimate of drug-likeness (QED) is 0.578. The number of aliphatic carboxylic acids is 1. The monoisotopic (exact) mass is 203 g/mol. The molecule has 14 heavy (non-hydrogen) atoms. The number of aliphatic hydroxyl groups is 1. The molecule has 1 amide bonds. The summed E-state index contributed by atoms with van der Waals surface area (Å²) in [5, 5.41) is 27.2. The summed E-state index contributed by atoms with van der Waals surface area (Å²) in [6.07, 6.45) is -2.10. The summed E-state index contributed by atoms with van der Waals surface area (Å²) < 4.78 is 0. The molecule has 0 spiro atoms. The van der Waals surface area contributed by atoms with E-state index < -0.39 is 23.6 Å². The first-order chi connectivity index (χ1) is 6.44. The lowest BCUT2D eigenvalue weighted by Crippen LogP contribution is -2.41. The SMILES string of the molecule is CC[C@@]1(C(=O)O)CN(C(=O)O)C[C@H]1O. The molecule has 3 N–H and O–H groups in total. The maximum atomic E-state index is 11.0. The normalized spacial score (nSPS) is 31.9. The van der Waals surface area contributed by atoms with Crippen LogP contribution in [0.3, 0.4) is 0 Å². The molecule has 1 saturated heterocycles. The van der Waals surface area contributed by atoms with Crippen LogP contribution in [0, 0.1) is 5.41 Å². The number of nitrogens with zero attached hydrogens (tertiary/aromatic N) is 1. The Bertz CT molecular complexity index is 266. The van der Waals surface area contributed by atoms with Crippen LogP contribution in [-0.4, -0.2) is 51.5 Å². The predicted octanol–water partition coefficient (Wildman–Crippen LogP) is -0.178. The second-order valence-corrected chi connectivity index (χ2v) is 3.49. The van der Waals surface area contributed by atoms with Crippen molar-refractivity contribution < 1.29 is 24.9 Å². The number of hydrogen-bond donors (Lipinski definition) is 3. The molecule has 1 fully saturated rings. The zero-order chi connectivity index (χ0) is 10.9. The molecule has 6 nitrogen and oxygen atoms in total. The first-order valence-corrected chi connectivity index (χ1v) is 4.33. The third-order valence-corrected chi connectivity index (χ3v) is 2.83. The number of rotatable bonds is 2. The molecule has 0 radical (unpaired) electrons. The second-order valence-electron chi connectivity index (χ2n) is 3.49. The number of carboxylic acid groups (broad SMARTS) is 2. The zero-order valence-electron chi connectivity index (χ0n) is 7.80. The van der Waals surface area contributed by atoms with Gasteiger partial charge in [-0.15, -0.1) is 0 Å². The minimum atomic E-state index is -1.33. The average Bonchev–Trinajstić information content (AvgIpc) is 2.44. The van der Waals surface area contributed by atoms with Gasteiger partial charge in [0.25, 0.3) is 0 Å². The molecule has 0 aromatic rings. The largest absolute Gasteiger partial charge is 0.481 e. The van der Waals surface area contributed by atoms with E-state index in [-0.39, 0.29) is 19.5 Å². The fourth-order valence-corrected chi connectivity index (χ4v) is 1.75. The lowest BCUT2D eigenvalue weighted by Gasteiger charge is -2.24. The Hall–Kier alpha value is -1.30. The second kappa shape index (κ2) is 3.45. The molecule has 1 aliphatic rings. The van der Waals surface area contributed by atoms with E-state index in [0.29, 0.717) is 0 Å². The molecule has 0 saturated carbocycles. The van der Waals surface area contributed by atoms with Crippen LogP contribution in [0.15, 0.2) is 0 Å². The molecule has 1 aliphatic heterocycles. The highest BCUT2D eigenvalue weighted by Crippen LogP contribution is 2.34. The Morgan fingerprint density at radius 3 is 2.29 bits per heavy atom. The van der Waals surface area contributed by atoms with E-state index in [9.17, 15) is 14.7 Å². The van der Waals surface area contributed by atoms with Crippen molar-refractivity contribution >= 4 is 12.1 Å². The third-order valence-electron chi connectivity index (χ3n) is 2.83. The fourth-order valence-electron chi connectivity index (χ4n) is 1.75. The third kappa shape index (κ3) is 1.41. The van der Waals surface area contributed by atoms with Crippen LogP contribution in [0.2, 0.25) is 0 Å². The maximum Gasteiger partial charge on any atom is 0.407 e. The van der Waals surface area contributed by atoms with Gasteiger partial charge in [0.1, 0.15) is 5.41 Å². The summed E-state index contributed by atoms with van der Waals surface area (Å²) in [4.78, 5) is 22.5. The molecule has 2 atom stereocenters. The Labute approximate surface area is 80.8 Å². The molecule has 0 aromatic carbocycles. The molecule has 0 aliphatic carbocycles. The van der Waals surface area contributed by atoms with Crippen LogP contribution in [0.25, 0.3) is 0 Å². The van der Waals surface area contributed by atoms with Crippen LogP contribution in [0.4, 0.5) is 4.79 Å². The first-order valence-electron chi connectivity index (χ1n) is 4.33. The summed E-state index contributed by atoms with van der Waals surface area (Å²) in [5.41, 5.74) is -1.33. The molecule has 0 aromatic heterocycles. The summed E-state index contributed by atoms with van der Waals surface area (Å²) >= 11 is 0. The van der Waals surface area contributed by atoms with E-state index >= 15 is 0 Å². The van der Waals surface area contributed by atoms with Gasteiger partial charge in [-0.25, -0.2) is 4.79 Å². The Morgan fingerprint density at radius 1 is 1.50 bits per heavy atom. The van der Waals surface area contributed by atoms with Crippen molar-refractivity contribution in [2.24, 2.45) is 5.41 Å². The Balaban J connectivity index is 2.90. The van der Waals surface area contributed by atoms with Crippen molar-refractivity contribution in [1.82, 2.24) is 4.90 Å². The van der Waals surface area contributed by atoms with E-state index in [0.717, 1.165) is 4.90 Å². The molecule has 0 unspecified atom stereocenters. The van der Waals surface area contributed by atoms with E-state index in [1.54, 1.807) is 6.92 Å². The van der Waals surface area contributed by atoms with E-state index in [1.165, 1.54) is 0 Å². The number of hydrogen-bond acceptors (Lipinski definition) is 3. The van der Waals surface area contributed by atoms with Gasteiger partial charge in [0, 0.05) is 6.54 Å². The Kier molecular flexibility index (Phi) is 2.66. The van der Waals surface area contributed by atoms with Crippen molar-refractivity contribution in [3.63, 3.8) is 0 Å². The van der Waals surface area contributed by atoms with Gasteiger partial charge >= 0.3 is 12.1 Å². The summed E-state index contributed by atoms with van der Waals surface area (Å²) in [5.74, 6) is -1.14. The molecule has 6 heteroatoms. The van der Waals surface area contributed by atoms with E-state index in [4.69, 9.17) is 10.2 Å². The first kappa shape index (κ1) is 10.8. The van der Waals surface area contributed by atoms with Gasteiger partial charge < -0.3 is 20.2 Å². The van der Waals surface area contributed by atoms with Gasteiger partial charge in [-0.05, 0) is 6.42 Å². The number of aliphatic hydroxyl groups excluding tert-OH is 1. The molecule has 0 bridgehead atoms. The topological polar surface area (TPSA) is 98.1 Å². The van der Waals surface area contributed by atoms with Crippen molar-refractivity contribution in [1.29, 1.82) is 0 Å². The highest BCUT2D eigenvalue weighted by molar-refractivity contribution is 5.78. The van der Waals surface area contributed by atoms with Crippen LogP contribution in [0.5, 0.6) is 0 Å². The number of amides is 1. The highest BCUT2D eigenvalue weighted by atomic mass is 16.4. The number of carbonyl (C=O) groups is 2. The molecular weight excluding hydrogens is 190 g/mol. The van der Waals surface area contributed by atoms with Gasteiger partial charge in [-0.3, -0.25) is 4.79 Å². The summed E-state index contributed by atoms with van der Waals surface area (Å²) in [7, 11) is 0.